The third-order valence-corrected chi connectivity index (χ3v) is 1.93. The molecule has 1 saturated carbocycles. The topological polar surface area (TPSA) is 51.2 Å². The molecule has 0 spiro atoms. The van der Waals surface area contributed by atoms with Crippen LogP contribution in [-0.4, -0.2) is 17.3 Å². The van der Waals surface area contributed by atoms with E-state index in [0.717, 1.165) is 0 Å². The van der Waals surface area contributed by atoms with E-state index in [1.807, 2.05) is 0 Å². The fraction of sp³-hybridized carbons (Fsp3) is 0.444. The number of ketones is 3. The van der Waals surface area contributed by atoms with Crippen molar-refractivity contribution in [1.82, 2.24) is 0 Å². The molecular weight excluding hydrogens is 156 g/mol. The van der Waals surface area contributed by atoms with Gasteiger partial charge in [-0.2, -0.15) is 0 Å². The molecule has 64 valence electrons. The fourth-order valence-electron chi connectivity index (χ4n) is 1.09. The van der Waals surface area contributed by atoms with E-state index >= 15 is 0 Å². The van der Waals surface area contributed by atoms with Crippen molar-refractivity contribution in [1.29, 1.82) is 0 Å². The maximum atomic E-state index is 11.1. The highest BCUT2D eigenvalue weighted by Crippen LogP contribution is 2.12. The van der Waals surface area contributed by atoms with Gasteiger partial charge in [-0.1, -0.05) is 6.58 Å². The van der Waals surface area contributed by atoms with E-state index in [0.29, 0.717) is 0 Å². The molecule has 0 radical (unpaired) electrons. The van der Waals surface area contributed by atoms with Gasteiger partial charge < -0.3 is 0 Å². The van der Waals surface area contributed by atoms with Gasteiger partial charge >= 0.3 is 0 Å². The molecule has 12 heavy (non-hydrogen) atoms. The highest BCUT2D eigenvalue weighted by molar-refractivity contribution is 6.21. The maximum absolute atomic E-state index is 11.1. The molecule has 0 saturated heterocycles. The molecule has 1 rings (SSSR count). The molecule has 0 bridgehead atoms. The summed E-state index contributed by atoms with van der Waals surface area (Å²) in [6, 6.07) is 0. The van der Waals surface area contributed by atoms with Crippen LogP contribution in [-0.2, 0) is 14.4 Å². The molecule has 3 nitrogen and oxygen atoms in total. The van der Waals surface area contributed by atoms with Gasteiger partial charge in [0.15, 0.2) is 11.6 Å². The maximum Gasteiger partial charge on any atom is 0.166 e. The molecule has 1 fully saturated rings. The molecule has 0 heterocycles. The highest BCUT2D eigenvalue weighted by Gasteiger charge is 2.20. The summed E-state index contributed by atoms with van der Waals surface area (Å²) < 4.78 is 0. The van der Waals surface area contributed by atoms with E-state index in [1.165, 1.54) is 0 Å². The van der Waals surface area contributed by atoms with Crippen molar-refractivity contribution in [3.8, 4) is 0 Å². The summed E-state index contributed by atoms with van der Waals surface area (Å²) in [5.41, 5.74) is 0.0579. The lowest BCUT2D eigenvalue weighted by Crippen LogP contribution is -2.17. The van der Waals surface area contributed by atoms with Crippen molar-refractivity contribution >= 4 is 17.3 Å². The minimum Gasteiger partial charge on any atom is -0.300 e. The van der Waals surface area contributed by atoms with Gasteiger partial charge in [0.25, 0.3) is 0 Å². The van der Waals surface area contributed by atoms with Crippen LogP contribution >= 0.6 is 0 Å². The third-order valence-electron chi connectivity index (χ3n) is 1.93. The Balaban J connectivity index is 2.73. The van der Waals surface area contributed by atoms with Crippen molar-refractivity contribution in [2.75, 3.05) is 0 Å². The molecule has 0 amide bonds. The first-order valence-corrected chi connectivity index (χ1v) is 3.88. The lowest BCUT2D eigenvalue weighted by molar-refractivity contribution is -0.127. The molecule has 0 aromatic heterocycles. The van der Waals surface area contributed by atoms with E-state index in [9.17, 15) is 14.4 Å². The molecule has 0 atom stereocenters. The van der Waals surface area contributed by atoms with Crippen molar-refractivity contribution in [3.63, 3.8) is 0 Å². The van der Waals surface area contributed by atoms with Crippen LogP contribution in [0, 0.1) is 0 Å². The monoisotopic (exact) mass is 166 g/mol. The lowest BCUT2D eigenvalue weighted by Gasteiger charge is -2.07. The molecule has 3 heteroatoms. The Morgan fingerprint density at radius 3 is 1.67 bits per heavy atom. The van der Waals surface area contributed by atoms with E-state index in [4.69, 9.17) is 0 Å². The van der Waals surface area contributed by atoms with Gasteiger partial charge in [0, 0.05) is 25.7 Å². The normalized spacial score (nSPS) is 20.7. The quantitative estimate of drug-likeness (QED) is 0.395. The Hall–Kier alpha value is -1.25. The number of Topliss-reactive ketones (excluding diaryl/α,β-unsaturated/α-hetero) is 3. The van der Waals surface area contributed by atoms with E-state index < -0.39 is 0 Å². The van der Waals surface area contributed by atoms with Crippen molar-refractivity contribution in [3.05, 3.63) is 12.2 Å². The minimum absolute atomic E-state index is 0.01000. The second-order valence-corrected chi connectivity index (χ2v) is 2.86. The fourth-order valence-corrected chi connectivity index (χ4v) is 1.09. The Morgan fingerprint density at radius 1 is 0.833 bits per heavy atom. The van der Waals surface area contributed by atoms with Gasteiger partial charge in [-0.05, 0) is 0 Å². The van der Waals surface area contributed by atoms with Gasteiger partial charge in [0.2, 0.25) is 0 Å². The molecule has 0 aliphatic heterocycles. The van der Waals surface area contributed by atoms with Crippen LogP contribution in [0.4, 0.5) is 0 Å². The van der Waals surface area contributed by atoms with Crippen LogP contribution in [0.5, 0.6) is 0 Å². The third kappa shape index (κ3) is 1.87. The first kappa shape index (κ1) is 8.84. The summed E-state index contributed by atoms with van der Waals surface area (Å²) in [6.45, 7) is 3.39. The van der Waals surface area contributed by atoms with Crippen molar-refractivity contribution in [2.24, 2.45) is 0 Å². The predicted octanol–water partition coefficient (Wildman–Crippen LogP) is 0.824. The lowest BCUT2D eigenvalue weighted by atomic mass is 9.94. The number of hydrogen-bond donors (Lipinski definition) is 0. The first-order valence-electron chi connectivity index (χ1n) is 3.88. The van der Waals surface area contributed by atoms with Gasteiger partial charge in [0.1, 0.15) is 5.78 Å². The average Bonchev–Trinajstić information content (AvgIpc) is 2.07. The zero-order chi connectivity index (χ0) is 9.14. The largest absolute Gasteiger partial charge is 0.300 e. The Bertz CT molecular complexity index is 239. The SMILES string of the molecule is C=C1C(=O)CCC(=O)CCC1=O. The molecule has 1 aliphatic rings. The molecular formula is C9H10O3. The zero-order valence-corrected chi connectivity index (χ0v) is 6.76. The minimum atomic E-state index is -0.284. The second-order valence-electron chi connectivity index (χ2n) is 2.86. The molecule has 0 unspecified atom stereocenters. The summed E-state index contributed by atoms with van der Waals surface area (Å²) >= 11 is 0. The number of hydrogen-bond acceptors (Lipinski definition) is 3. The number of carbonyl (C=O) groups excluding carboxylic acids is 3. The second kappa shape index (κ2) is 3.43. The van der Waals surface area contributed by atoms with Gasteiger partial charge in [-0.25, -0.2) is 0 Å². The smallest absolute Gasteiger partial charge is 0.166 e. The number of allylic oxidation sites excluding steroid dienone is 1. The van der Waals surface area contributed by atoms with Crippen LogP contribution in [0.1, 0.15) is 25.7 Å². The highest BCUT2D eigenvalue weighted by atomic mass is 16.2. The summed E-state index contributed by atoms with van der Waals surface area (Å²) in [5, 5.41) is 0. The van der Waals surface area contributed by atoms with Crippen LogP contribution in [0.2, 0.25) is 0 Å². The summed E-state index contributed by atoms with van der Waals surface area (Å²) in [6.07, 6.45) is 0.795. The van der Waals surface area contributed by atoms with Crippen LogP contribution in [0.25, 0.3) is 0 Å². The van der Waals surface area contributed by atoms with E-state index in [1.54, 1.807) is 0 Å². The molecule has 0 aromatic carbocycles. The van der Waals surface area contributed by atoms with E-state index in [2.05, 4.69) is 6.58 Å². The Kier molecular flexibility index (Phi) is 2.53. The Labute approximate surface area is 70.4 Å². The zero-order valence-electron chi connectivity index (χ0n) is 6.76. The van der Waals surface area contributed by atoms with Gasteiger partial charge in [-0.15, -0.1) is 0 Å². The van der Waals surface area contributed by atoms with Crippen LogP contribution < -0.4 is 0 Å². The van der Waals surface area contributed by atoms with Crippen LogP contribution in [0.3, 0.4) is 0 Å². The Morgan fingerprint density at radius 2 is 1.25 bits per heavy atom. The van der Waals surface area contributed by atoms with Gasteiger partial charge in [0.05, 0.1) is 5.57 Å². The summed E-state index contributed by atoms with van der Waals surface area (Å²) in [7, 11) is 0. The van der Waals surface area contributed by atoms with Gasteiger partial charge in [-0.3, -0.25) is 14.4 Å². The van der Waals surface area contributed by atoms with Crippen molar-refractivity contribution in [2.45, 2.75) is 25.7 Å². The van der Waals surface area contributed by atoms with Crippen LogP contribution in [0.15, 0.2) is 12.2 Å². The average molecular weight is 166 g/mol. The summed E-state index contributed by atoms with van der Waals surface area (Å²) in [4.78, 5) is 33.0. The molecule has 0 N–H and O–H groups in total. The number of carbonyl (C=O) groups is 3. The number of rotatable bonds is 0. The first-order chi connectivity index (χ1) is 5.61. The predicted molar refractivity (Wildman–Crippen MR) is 42.6 cm³/mol. The standard InChI is InChI=1S/C9H10O3/c1-6-8(11)4-2-7(10)3-5-9(6)12/h1-5H2. The van der Waals surface area contributed by atoms with E-state index in [-0.39, 0.29) is 48.6 Å². The molecule has 1 aliphatic carbocycles. The molecule has 0 aromatic rings. The van der Waals surface area contributed by atoms with Crippen molar-refractivity contribution < 1.29 is 14.4 Å². The summed E-state index contributed by atoms with van der Waals surface area (Å²) in [5.74, 6) is -0.578.